The predicted octanol–water partition coefficient (Wildman–Crippen LogP) is 8.63. The fourth-order valence-electron chi connectivity index (χ4n) is 6.93. The number of amides is 2. The summed E-state index contributed by atoms with van der Waals surface area (Å²) in [7, 11) is -1.79. The number of rotatable bonds is 7. The summed E-state index contributed by atoms with van der Waals surface area (Å²) >= 11 is 13.6. The van der Waals surface area contributed by atoms with Gasteiger partial charge in [-0.15, -0.1) is 0 Å². The molecule has 3 atom stereocenters. The summed E-state index contributed by atoms with van der Waals surface area (Å²) in [5.74, 6) is 0.130. The van der Waals surface area contributed by atoms with Crippen molar-refractivity contribution >= 4 is 43.3 Å². The molecule has 246 valence electrons. The first-order valence-electron chi connectivity index (χ1n) is 16.6. The molecule has 2 heterocycles. The molecule has 2 aliphatic heterocycles. The number of hydrogen-bond donors (Lipinski definition) is 0. The lowest BCUT2D eigenvalue weighted by molar-refractivity contribution is -0.133. The number of nitrogens with zero attached hydrogens (tertiary/aromatic N) is 2. The highest BCUT2D eigenvalue weighted by molar-refractivity contribution is 6.74. The molecule has 3 fully saturated rings. The van der Waals surface area contributed by atoms with Gasteiger partial charge in [-0.1, -0.05) is 56.1 Å². The van der Waals surface area contributed by atoms with Crippen LogP contribution in [0, 0.1) is 5.92 Å². The standard InChI is InChI=1S/C36H50Cl2N2O4Si/c1-23-21-39(22-24(2)43-23)34(41)26-10-8-25(9-11-26)28-19-32(37)31(33(38)20-28)18-27-16-17-40(35(27)42)29-12-14-30(15-13-29)44-45(6,7)36(3,4)5/h8-11,19-20,23-24,27,29-30H,12-18,21-22H2,1-7H3/t23-,24+,27-,29?,30?/m0/s1. The third kappa shape index (κ3) is 7.81. The van der Waals surface area contributed by atoms with Crippen LogP contribution >= 0.6 is 23.2 Å². The topological polar surface area (TPSA) is 59.1 Å². The minimum absolute atomic E-state index is 0.0118. The maximum absolute atomic E-state index is 13.6. The Bertz CT molecular complexity index is 1350. The molecule has 1 saturated carbocycles. The van der Waals surface area contributed by atoms with E-state index in [0.29, 0.717) is 47.3 Å². The summed E-state index contributed by atoms with van der Waals surface area (Å²) in [4.78, 5) is 30.6. The van der Waals surface area contributed by atoms with Crippen molar-refractivity contribution in [2.24, 2.45) is 5.92 Å². The van der Waals surface area contributed by atoms with Gasteiger partial charge in [-0.2, -0.15) is 0 Å². The normalized spacial score (nSPS) is 26.4. The number of halogens is 2. The summed E-state index contributed by atoms with van der Waals surface area (Å²) in [6, 6.07) is 11.7. The van der Waals surface area contributed by atoms with Crippen LogP contribution in [0.1, 0.15) is 82.6 Å². The molecule has 3 aliphatic rings. The minimum Gasteiger partial charge on any atom is -0.414 e. The van der Waals surface area contributed by atoms with Gasteiger partial charge in [-0.3, -0.25) is 9.59 Å². The van der Waals surface area contributed by atoms with Gasteiger partial charge in [-0.25, -0.2) is 0 Å². The van der Waals surface area contributed by atoms with E-state index in [1.807, 2.05) is 55.1 Å². The van der Waals surface area contributed by atoms with Crippen molar-refractivity contribution in [1.82, 2.24) is 9.80 Å². The lowest BCUT2D eigenvalue weighted by Crippen LogP contribution is -2.48. The van der Waals surface area contributed by atoms with E-state index in [1.54, 1.807) is 0 Å². The Morgan fingerprint density at radius 2 is 1.51 bits per heavy atom. The highest BCUT2D eigenvalue weighted by Crippen LogP contribution is 2.41. The number of carbonyl (C=O) groups is 2. The van der Waals surface area contributed by atoms with Gasteiger partial charge in [0.15, 0.2) is 8.32 Å². The molecule has 2 aromatic carbocycles. The predicted molar refractivity (Wildman–Crippen MR) is 186 cm³/mol. The van der Waals surface area contributed by atoms with Gasteiger partial charge < -0.3 is 19.0 Å². The van der Waals surface area contributed by atoms with Gasteiger partial charge in [0.1, 0.15) is 0 Å². The van der Waals surface area contributed by atoms with Gasteiger partial charge >= 0.3 is 0 Å². The number of hydrogen-bond acceptors (Lipinski definition) is 4. The maximum atomic E-state index is 13.6. The molecule has 2 aromatic rings. The number of benzene rings is 2. The lowest BCUT2D eigenvalue weighted by Gasteiger charge is -2.42. The summed E-state index contributed by atoms with van der Waals surface area (Å²) in [6.07, 6.45) is 5.76. The van der Waals surface area contributed by atoms with Crippen LogP contribution < -0.4 is 0 Å². The van der Waals surface area contributed by atoms with Crippen molar-refractivity contribution < 1.29 is 18.8 Å². The van der Waals surface area contributed by atoms with Crippen LogP contribution in [0.15, 0.2) is 36.4 Å². The van der Waals surface area contributed by atoms with Gasteiger partial charge in [0, 0.05) is 53.3 Å². The maximum Gasteiger partial charge on any atom is 0.254 e. The number of carbonyl (C=O) groups excluding carboxylic acids is 2. The second-order valence-electron chi connectivity index (χ2n) is 15.0. The van der Waals surface area contributed by atoms with Crippen LogP contribution in [0.2, 0.25) is 28.2 Å². The molecule has 0 aromatic heterocycles. The monoisotopic (exact) mass is 672 g/mol. The molecular formula is C36H50Cl2N2O4Si. The van der Waals surface area contributed by atoms with Gasteiger partial charge in [0.25, 0.3) is 5.91 Å². The molecule has 1 aliphatic carbocycles. The van der Waals surface area contributed by atoms with Gasteiger partial charge in [0.2, 0.25) is 5.91 Å². The zero-order chi connectivity index (χ0) is 32.7. The Morgan fingerprint density at radius 3 is 2.07 bits per heavy atom. The van der Waals surface area contributed by atoms with E-state index in [-0.39, 0.29) is 35.0 Å². The number of ether oxygens (including phenoxy) is 1. The zero-order valence-corrected chi connectivity index (χ0v) is 30.5. The summed E-state index contributed by atoms with van der Waals surface area (Å²) < 4.78 is 12.5. The first-order chi connectivity index (χ1) is 21.1. The largest absolute Gasteiger partial charge is 0.414 e. The van der Waals surface area contributed by atoms with Crippen LogP contribution in [0.3, 0.4) is 0 Å². The van der Waals surface area contributed by atoms with Crippen molar-refractivity contribution in [1.29, 1.82) is 0 Å². The van der Waals surface area contributed by atoms with Crippen molar-refractivity contribution in [3.05, 3.63) is 57.6 Å². The van der Waals surface area contributed by atoms with E-state index in [0.717, 1.165) is 55.3 Å². The zero-order valence-electron chi connectivity index (χ0n) is 28.0. The molecule has 5 rings (SSSR count). The summed E-state index contributed by atoms with van der Waals surface area (Å²) in [5.41, 5.74) is 3.30. The van der Waals surface area contributed by atoms with Crippen molar-refractivity contribution in [2.45, 2.75) is 116 Å². The van der Waals surface area contributed by atoms with Crippen LogP contribution in [0.4, 0.5) is 0 Å². The van der Waals surface area contributed by atoms with Gasteiger partial charge in [0.05, 0.1) is 12.2 Å². The molecule has 0 bridgehead atoms. The molecule has 0 spiro atoms. The molecule has 0 N–H and O–H groups in total. The summed E-state index contributed by atoms with van der Waals surface area (Å²) in [5, 5.41) is 1.35. The molecule has 6 nitrogen and oxygen atoms in total. The average molecular weight is 674 g/mol. The number of morpholine rings is 1. The fourth-order valence-corrected chi connectivity index (χ4v) is 8.99. The van der Waals surface area contributed by atoms with E-state index in [4.69, 9.17) is 32.4 Å². The minimum atomic E-state index is -1.79. The molecule has 9 heteroatoms. The first-order valence-corrected chi connectivity index (χ1v) is 20.3. The Hall–Kier alpha value is -1.90. The Morgan fingerprint density at radius 1 is 0.933 bits per heavy atom. The van der Waals surface area contributed by atoms with Crippen LogP contribution in [0.5, 0.6) is 0 Å². The fraction of sp³-hybridized carbons (Fsp3) is 0.611. The number of likely N-dealkylation sites (tertiary alicyclic amines) is 1. The highest BCUT2D eigenvalue weighted by Gasteiger charge is 2.42. The molecule has 0 radical (unpaired) electrons. The quantitative estimate of drug-likeness (QED) is 0.276. The summed E-state index contributed by atoms with van der Waals surface area (Å²) in [6.45, 7) is 17.5. The van der Waals surface area contributed by atoms with E-state index in [2.05, 4.69) is 38.8 Å². The third-order valence-corrected chi connectivity index (χ3v) is 15.7. The Kier molecular flexibility index (Phi) is 10.5. The molecule has 45 heavy (non-hydrogen) atoms. The van der Waals surface area contributed by atoms with E-state index < -0.39 is 8.32 Å². The Balaban J connectivity index is 1.18. The average Bonchev–Trinajstić information content (AvgIpc) is 3.33. The van der Waals surface area contributed by atoms with Crippen molar-refractivity contribution in [3.63, 3.8) is 0 Å². The smallest absolute Gasteiger partial charge is 0.254 e. The molecule has 2 amide bonds. The Labute approximate surface area is 280 Å². The van der Waals surface area contributed by atoms with Crippen LogP contribution in [-0.2, 0) is 20.4 Å². The SMILES string of the molecule is C[C@@H]1CN(C(=O)c2ccc(-c3cc(Cl)c(C[C@@H]4CCN(C5CCC(O[Si](C)(C)C(C)(C)C)CC5)C4=O)c(Cl)c3)cc2)C[C@H](C)O1. The van der Waals surface area contributed by atoms with Crippen molar-refractivity contribution in [3.8, 4) is 11.1 Å². The first kappa shape index (κ1) is 34.4. The van der Waals surface area contributed by atoms with E-state index >= 15 is 0 Å². The molecular weight excluding hydrogens is 623 g/mol. The lowest BCUT2D eigenvalue weighted by atomic mass is 9.92. The van der Waals surface area contributed by atoms with Crippen LogP contribution in [-0.4, -0.2) is 73.9 Å². The van der Waals surface area contributed by atoms with E-state index in [1.165, 1.54) is 0 Å². The van der Waals surface area contributed by atoms with Gasteiger partial charge in [-0.05, 0) is 111 Å². The highest BCUT2D eigenvalue weighted by atomic mass is 35.5. The second-order valence-corrected chi connectivity index (χ2v) is 20.6. The molecule has 2 saturated heterocycles. The van der Waals surface area contributed by atoms with Crippen LogP contribution in [0.25, 0.3) is 11.1 Å². The molecule has 0 unspecified atom stereocenters. The second kappa shape index (κ2) is 13.7. The third-order valence-electron chi connectivity index (χ3n) is 10.5. The van der Waals surface area contributed by atoms with E-state index in [9.17, 15) is 9.59 Å². The van der Waals surface area contributed by atoms with Crippen molar-refractivity contribution in [2.75, 3.05) is 19.6 Å².